The summed E-state index contributed by atoms with van der Waals surface area (Å²) in [4.78, 5) is 13.2. The van der Waals surface area contributed by atoms with Crippen molar-refractivity contribution in [3.8, 4) is 0 Å². The van der Waals surface area contributed by atoms with Crippen LogP contribution in [0.4, 0.5) is 0 Å². The van der Waals surface area contributed by atoms with Crippen molar-refractivity contribution in [1.29, 1.82) is 0 Å². The number of carbonyl (C=O) groups excluding carboxylic acids is 1. The summed E-state index contributed by atoms with van der Waals surface area (Å²) in [5.74, 6) is -0.707. The first-order valence-electron chi connectivity index (χ1n) is 32.9. The minimum absolute atomic E-state index is 0.242. The first kappa shape index (κ1) is 73.3. The predicted octanol–water partition coefficient (Wildman–Crippen LogP) is 15.0. The fraction of sp³-hybridized carbons (Fsp3) is 0.894. The van der Waals surface area contributed by atoms with E-state index in [1.165, 1.54) is 218 Å². The topological polar surface area (TPSA) is 189 Å². The quantitative estimate of drug-likeness (QED) is 0.0215. The fourth-order valence-electron chi connectivity index (χ4n) is 10.6. The van der Waals surface area contributed by atoms with E-state index in [1.54, 1.807) is 0 Å². The van der Waals surface area contributed by atoms with Crippen molar-refractivity contribution >= 4 is 5.91 Å². The van der Waals surface area contributed by atoms with E-state index in [2.05, 4.69) is 55.6 Å². The molecule has 454 valence electrons. The summed E-state index contributed by atoms with van der Waals surface area (Å²) in [5, 5.41) is 76.3. The molecule has 1 aliphatic rings. The van der Waals surface area contributed by atoms with Gasteiger partial charge in [0.25, 0.3) is 0 Å². The van der Waals surface area contributed by atoms with Crippen molar-refractivity contribution < 1.29 is 50.0 Å². The number of ether oxygens (including phenoxy) is 2. The molecular weight excluding hydrogens is 967 g/mol. The molecule has 0 aromatic rings. The van der Waals surface area contributed by atoms with Crippen molar-refractivity contribution in [2.45, 2.75) is 364 Å². The third kappa shape index (κ3) is 42.8. The van der Waals surface area contributed by atoms with E-state index in [0.29, 0.717) is 19.3 Å². The Morgan fingerprint density at radius 2 is 0.779 bits per heavy atom. The number of aliphatic hydroxyl groups is 7. The van der Waals surface area contributed by atoms with Gasteiger partial charge in [0.15, 0.2) is 6.29 Å². The average Bonchev–Trinajstić information content (AvgIpc) is 3.43. The maximum atomic E-state index is 13.2. The van der Waals surface area contributed by atoms with Crippen LogP contribution in [-0.2, 0) is 14.3 Å². The van der Waals surface area contributed by atoms with Crippen molar-refractivity contribution in [1.82, 2.24) is 5.32 Å². The number of rotatable bonds is 57. The highest BCUT2D eigenvalue weighted by Gasteiger charge is 2.44. The van der Waals surface area contributed by atoms with Crippen molar-refractivity contribution in [2.24, 2.45) is 0 Å². The van der Waals surface area contributed by atoms with Crippen LogP contribution in [0, 0.1) is 0 Å². The molecule has 0 aliphatic carbocycles. The van der Waals surface area contributed by atoms with Crippen LogP contribution < -0.4 is 5.32 Å². The summed E-state index contributed by atoms with van der Waals surface area (Å²) >= 11 is 0. The summed E-state index contributed by atoms with van der Waals surface area (Å²) in [6.45, 7) is 3.46. The van der Waals surface area contributed by atoms with Gasteiger partial charge < -0.3 is 50.5 Å². The van der Waals surface area contributed by atoms with Crippen LogP contribution in [0.15, 0.2) is 36.5 Å². The predicted molar refractivity (Wildman–Crippen MR) is 321 cm³/mol. The third-order valence-corrected chi connectivity index (χ3v) is 15.9. The second kappa shape index (κ2) is 54.9. The van der Waals surface area contributed by atoms with E-state index in [4.69, 9.17) is 9.47 Å². The Kier molecular flexibility index (Phi) is 52.3. The van der Waals surface area contributed by atoms with Gasteiger partial charge in [-0.1, -0.05) is 281 Å². The van der Waals surface area contributed by atoms with Crippen LogP contribution in [0.1, 0.15) is 309 Å². The van der Waals surface area contributed by atoms with Crippen molar-refractivity contribution in [2.75, 3.05) is 13.2 Å². The largest absolute Gasteiger partial charge is 0.394 e. The van der Waals surface area contributed by atoms with Gasteiger partial charge in [0, 0.05) is 0 Å². The van der Waals surface area contributed by atoms with Crippen LogP contribution in [0.5, 0.6) is 0 Å². The zero-order chi connectivity index (χ0) is 56.1. The summed E-state index contributed by atoms with van der Waals surface area (Å²) in [6.07, 6.45) is 58.0. The fourth-order valence-corrected chi connectivity index (χ4v) is 10.6. The zero-order valence-corrected chi connectivity index (χ0v) is 50.0. The standard InChI is InChI=1S/C66H125NO10/c1-3-5-7-9-11-13-15-17-19-21-23-24-25-26-27-28-29-30-31-32-33-34-36-38-40-42-44-46-48-50-52-54-59(70)65(75)67-57(56-76-66-64(74)63(73)62(72)60(55-68)77-66)61(71)58(69)53-51-49-47-45-43-41-39-37-35-22-20-18-16-14-12-10-8-6-4-2/h18,20,37,39,45,47,57-64,66,68-74H,3-17,19,21-36,38,40-44,46,48-56H2,1-2H3,(H,67,75)/b20-18+,39-37+,47-45+. The second-order valence-corrected chi connectivity index (χ2v) is 23.2. The van der Waals surface area contributed by atoms with E-state index in [1.807, 2.05) is 0 Å². The Morgan fingerprint density at radius 3 is 1.16 bits per heavy atom. The molecule has 11 nitrogen and oxygen atoms in total. The number of unbranched alkanes of at least 4 members (excludes halogenated alkanes) is 39. The maximum absolute atomic E-state index is 13.2. The van der Waals surface area contributed by atoms with Gasteiger partial charge in [0.1, 0.15) is 36.6 Å². The van der Waals surface area contributed by atoms with Gasteiger partial charge in [-0.25, -0.2) is 0 Å². The molecule has 0 saturated carbocycles. The first-order chi connectivity index (χ1) is 37.7. The molecule has 0 spiro atoms. The van der Waals surface area contributed by atoms with Crippen LogP contribution >= 0.6 is 0 Å². The molecule has 1 heterocycles. The molecule has 9 unspecified atom stereocenters. The summed E-state index contributed by atoms with van der Waals surface area (Å²) in [5.41, 5.74) is 0. The molecule has 0 radical (unpaired) electrons. The Morgan fingerprint density at radius 1 is 0.442 bits per heavy atom. The molecule has 11 heteroatoms. The number of hydrogen-bond donors (Lipinski definition) is 8. The van der Waals surface area contributed by atoms with Gasteiger partial charge in [0.2, 0.25) is 5.91 Å². The minimum atomic E-state index is -1.67. The highest BCUT2D eigenvalue weighted by atomic mass is 16.7. The molecule has 0 aromatic carbocycles. The van der Waals surface area contributed by atoms with Gasteiger partial charge in [0.05, 0.1) is 25.4 Å². The normalized spacial score (nSPS) is 19.7. The Hall–Kier alpha value is -1.67. The van der Waals surface area contributed by atoms with E-state index in [9.17, 15) is 40.5 Å². The molecular formula is C66H125NO10. The molecule has 77 heavy (non-hydrogen) atoms. The maximum Gasteiger partial charge on any atom is 0.249 e. The highest BCUT2D eigenvalue weighted by Crippen LogP contribution is 2.24. The Labute approximate surface area is 473 Å². The molecule has 1 aliphatic heterocycles. The number of allylic oxidation sites excluding steroid dienone is 6. The lowest BCUT2D eigenvalue weighted by Gasteiger charge is -2.40. The molecule has 1 amide bonds. The van der Waals surface area contributed by atoms with Crippen molar-refractivity contribution in [3.05, 3.63) is 36.5 Å². The zero-order valence-electron chi connectivity index (χ0n) is 50.0. The van der Waals surface area contributed by atoms with Gasteiger partial charge >= 0.3 is 0 Å². The lowest BCUT2D eigenvalue weighted by atomic mass is 9.98. The minimum Gasteiger partial charge on any atom is -0.394 e. The lowest BCUT2D eigenvalue weighted by Crippen LogP contribution is -2.60. The smallest absolute Gasteiger partial charge is 0.249 e. The average molecular weight is 1090 g/mol. The van der Waals surface area contributed by atoms with E-state index in [0.717, 1.165) is 44.9 Å². The van der Waals surface area contributed by atoms with Crippen LogP contribution in [0.2, 0.25) is 0 Å². The molecule has 0 aromatic heterocycles. The Balaban J connectivity index is 2.22. The second-order valence-electron chi connectivity index (χ2n) is 23.2. The number of aliphatic hydroxyl groups excluding tert-OH is 7. The highest BCUT2D eigenvalue weighted by molar-refractivity contribution is 5.80. The monoisotopic (exact) mass is 1090 g/mol. The molecule has 8 N–H and O–H groups in total. The van der Waals surface area contributed by atoms with Gasteiger partial charge in [-0.05, 0) is 64.2 Å². The molecule has 1 saturated heterocycles. The number of hydrogen-bond acceptors (Lipinski definition) is 10. The summed E-state index contributed by atoms with van der Waals surface area (Å²) in [7, 11) is 0. The van der Waals surface area contributed by atoms with Crippen molar-refractivity contribution in [3.63, 3.8) is 0 Å². The SMILES string of the molecule is CCCCCCCC/C=C/CC/C=C/CC/C=C/CCCC(O)C(O)C(COC1OC(CO)C(O)C(O)C1O)NC(=O)C(O)CCCCCCCCCCCCCCCCCCCCCCCCCCCCCCCCC. The summed E-state index contributed by atoms with van der Waals surface area (Å²) in [6, 6.07) is -1.19. The van der Waals surface area contributed by atoms with E-state index in [-0.39, 0.29) is 12.8 Å². The number of carbonyl (C=O) groups is 1. The summed E-state index contributed by atoms with van der Waals surface area (Å²) < 4.78 is 11.1. The van der Waals surface area contributed by atoms with Crippen LogP contribution in [-0.4, -0.2) is 110 Å². The van der Waals surface area contributed by atoms with Gasteiger partial charge in [-0.2, -0.15) is 0 Å². The van der Waals surface area contributed by atoms with Gasteiger partial charge in [-0.15, -0.1) is 0 Å². The molecule has 0 bridgehead atoms. The van der Waals surface area contributed by atoms with E-state index >= 15 is 0 Å². The molecule has 9 atom stereocenters. The number of amides is 1. The van der Waals surface area contributed by atoms with E-state index < -0.39 is 74.2 Å². The van der Waals surface area contributed by atoms with Crippen LogP contribution in [0.3, 0.4) is 0 Å². The third-order valence-electron chi connectivity index (χ3n) is 15.9. The first-order valence-corrected chi connectivity index (χ1v) is 32.9. The van der Waals surface area contributed by atoms with Gasteiger partial charge in [-0.3, -0.25) is 4.79 Å². The number of nitrogens with one attached hydrogen (secondary N) is 1. The molecule has 1 fully saturated rings. The molecule has 1 rings (SSSR count). The lowest BCUT2D eigenvalue weighted by molar-refractivity contribution is -0.303. The Bertz CT molecular complexity index is 1350. The van der Waals surface area contributed by atoms with Crippen LogP contribution in [0.25, 0.3) is 0 Å².